The van der Waals surface area contributed by atoms with Gasteiger partial charge in [0.05, 0.1) is 6.33 Å². The lowest BCUT2D eigenvalue weighted by molar-refractivity contribution is -0.116. The van der Waals surface area contributed by atoms with Gasteiger partial charge in [0.2, 0.25) is 5.91 Å². The number of para-hydroxylation sites is 1. The third-order valence-electron chi connectivity index (χ3n) is 5.17. The number of anilines is 2. The Hall–Kier alpha value is -3.61. The van der Waals surface area contributed by atoms with Crippen LogP contribution in [0.2, 0.25) is 0 Å². The van der Waals surface area contributed by atoms with Crippen LogP contribution in [-0.2, 0) is 11.3 Å². The summed E-state index contributed by atoms with van der Waals surface area (Å²) in [4.78, 5) is 31.0. The molecule has 7 heteroatoms. The first-order valence-corrected chi connectivity index (χ1v) is 10.1. The molecule has 0 spiro atoms. The highest BCUT2D eigenvalue weighted by Gasteiger charge is 2.27. The van der Waals surface area contributed by atoms with Gasteiger partial charge in [-0.3, -0.25) is 9.59 Å². The van der Waals surface area contributed by atoms with E-state index in [1.807, 2.05) is 46.0 Å². The minimum absolute atomic E-state index is 0.0122. The molecule has 0 saturated carbocycles. The molecule has 3 aromatic rings. The number of benzene rings is 2. The number of rotatable bonds is 7. The highest BCUT2D eigenvalue weighted by atomic mass is 16.2. The number of carbonyl (C=O) groups is 2. The van der Waals surface area contributed by atoms with E-state index in [0.717, 1.165) is 12.1 Å². The quantitative estimate of drug-likeness (QED) is 0.635. The van der Waals surface area contributed by atoms with Crippen molar-refractivity contribution < 1.29 is 9.59 Å². The maximum atomic E-state index is 12.9. The molecule has 2 heterocycles. The molecule has 2 N–H and O–H groups in total. The van der Waals surface area contributed by atoms with Crippen LogP contribution in [0.5, 0.6) is 0 Å². The summed E-state index contributed by atoms with van der Waals surface area (Å²) in [7, 11) is 0. The lowest BCUT2D eigenvalue weighted by Crippen LogP contribution is -2.31. The van der Waals surface area contributed by atoms with Gasteiger partial charge in [-0.2, -0.15) is 0 Å². The van der Waals surface area contributed by atoms with Crippen LogP contribution in [0.15, 0.2) is 73.3 Å². The van der Waals surface area contributed by atoms with Gasteiger partial charge >= 0.3 is 0 Å². The van der Waals surface area contributed by atoms with Gasteiger partial charge in [0.25, 0.3) is 5.91 Å². The second-order valence-corrected chi connectivity index (χ2v) is 7.43. The number of carbonyl (C=O) groups excluding carboxylic acids is 2. The van der Waals surface area contributed by atoms with Crippen molar-refractivity contribution >= 4 is 23.2 Å². The highest BCUT2D eigenvalue weighted by molar-refractivity contribution is 5.97. The first kappa shape index (κ1) is 19.7. The Bertz CT molecular complexity index is 988. The van der Waals surface area contributed by atoms with Gasteiger partial charge < -0.3 is 20.1 Å². The summed E-state index contributed by atoms with van der Waals surface area (Å²) in [5.74, 6) is -0.108. The van der Waals surface area contributed by atoms with Crippen LogP contribution in [0.25, 0.3) is 0 Å². The van der Waals surface area contributed by atoms with Crippen LogP contribution in [0.3, 0.4) is 0 Å². The number of aromatic nitrogens is 2. The zero-order chi connectivity index (χ0) is 20.8. The third kappa shape index (κ3) is 5.05. The van der Waals surface area contributed by atoms with Crippen LogP contribution in [-0.4, -0.2) is 45.4 Å². The Morgan fingerprint density at radius 3 is 2.70 bits per heavy atom. The second kappa shape index (κ2) is 9.26. The van der Waals surface area contributed by atoms with E-state index in [-0.39, 0.29) is 17.9 Å². The molecule has 1 atom stereocenters. The molecule has 1 fully saturated rings. The molecule has 1 aromatic heterocycles. The molecule has 0 aliphatic carbocycles. The summed E-state index contributed by atoms with van der Waals surface area (Å²) in [5, 5.41) is 6.36. The van der Waals surface area contributed by atoms with Gasteiger partial charge in [0, 0.05) is 61.4 Å². The predicted octanol–water partition coefficient (Wildman–Crippen LogP) is 3.24. The molecule has 7 nitrogen and oxygen atoms in total. The lowest BCUT2D eigenvalue weighted by Gasteiger charge is -2.18. The minimum atomic E-state index is -0.0957. The average molecular weight is 403 g/mol. The van der Waals surface area contributed by atoms with Gasteiger partial charge in [-0.15, -0.1) is 0 Å². The lowest BCUT2D eigenvalue weighted by atomic mass is 10.1. The molecule has 4 rings (SSSR count). The van der Waals surface area contributed by atoms with E-state index in [1.165, 1.54) is 0 Å². The molecule has 1 aliphatic rings. The molecule has 154 valence electrons. The Morgan fingerprint density at radius 2 is 1.90 bits per heavy atom. The Morgan fingerprint density at radius 1 is 1.07 bits per heavy atom. The monoisotopic (exact) mass is 403 g/mol. The van der Waals surface area contributed by atoms with E-state index in [0.29, 0.717) is 37.3 Å². The number of amides is 2. The van der Waals surface area contributed by atoms with Gasteiger partial charge in [-0.1, -0.05) is 24.3 Å². The molecule has 30 heavy (non-hydrogen) atoms. The molecular weight excluding hydrogens is 378 g/mol. The first-order chi connectivity index (χ1) is 14.7. The summed E-state index contributed by atoms with van der Waals surface area (Å²) in [6, 6.07) is 17.4. The third-order valence-corrected chi connectivity index (χ3v) is 5.17. The normalized spacial score (nSPS) is 15.7. The maximum absolute atomic E-state index is 12.9. The summed E-state index contributed by atoms with van der Waals surface area (Å²) in [5.41, 5.74) is 2.29. The van der Waals surface area contributed by atoms with E-state index in [1.54, 1.807) is 36.8 Å². The summed E-state index contributed by atoms with van der Waals surface area (Å²) in [6.07, 6.45) is 6.44. The molecule has 0 radical (unpaired) electrons. The topological polar surface area (TPSA) is 79.3 Å². The summed E-state index contributed by atoms with van der Waals surface area (Å²) in [6.45, 7) is 1.94. The first-order valence-electron chi connectivity index (χ1n) is 10.1. The average Bonchev–Trinajstić information content (AvgIpc) is 3.45. The molecule has 1 unspecified atom stereocenters. The predicted molar refractivity (Wildman–Crippen MR) is 116 cm³/mol. The van der Waals surface area contributed by atoms with Crippen molar-refractivity contribution in [3.05, 3.63) is 78.9 Å². The highest BCUT2D eigenvalue weighted by Crippen LogP contribution is 2.19. The Labute approximate surface area is 175 Å². The number of aryl methyl sites for hydroxylation is 1. The maximum Gasteiger partial charge on any atom is 0.254 e. The van der Waals surface area contributed by atoms with Gasteiger partial charge in [-0.05, 0) is 36.8 Å². The second-order valence-electron chi connectivity index (χ2n) is 7.43. The fourth-order valence-electron chi connectivity index (χ4n) is 3.62. The molecule has 0 bridgehead atoms. The molecule has 2 amide bonds. The number of hydrogen-bond acceptors (Lipinski definition) is 4. The van der Waals surface area contributed by atoms with Crippen molar-refractivity contribution in [3.63, 3.8) is 0 Å². The number of nitrogens with one attached hydrogen (secondary N) is 2. The number of nitrogens with zero attached hydrogens (tertiary/aromatic N) is 3. The number of hydrogen-bond donors (Lipinski definition) is 2. The van der Waals surface area contributed by atoms with Crippen molar-refractivity contribution in [3.8, 4) is 0 Å². The van der Waals surface area contributed by atoms with Crippen LogP contribution in [0.4, 0.5) is 11.4 Å². The Balaban J connectivity index is 1.31. The van der Waals surface area contributed by atoms with Crippen molar-refractivity contribution in [1.82, 2.24) is 14.5 Å². The fraction of sp³-hybridized carbons (Fsp3) is 0.261. The standard InChI is InChI=1S/C23H25N5O2/c29-22(10-12-27-14-11-24-17-27)26-20-8-4-5-18(15-20)23(30)28-13-9-21(16-28)25-19-6-2-1-3-7-19/h1-8,11,14-15,17,21,25H,9-10,12-13,16H2,(H,26,29). The van der Waals surface area contributed by atoms with Crippen LogP contribution >= 0.6 is 0 Å². The van der Waals surface area contributed by atoms with E-state index >= 15 is 0 Å². The zero-order valence-electron chi connectivity index (χ0n) is 16.7. The molecule has 1 saturated heterocycles. The SMILES string of the molecule is O=C(CCn1ccnc1)Nc1cccc(C(=O)N2CCC(Nc3ccccc3)C2)c1. The van der Waals surface area contributed by atoms with Crippen molar-refractivity contribution in [1.29, 1.82) is 0 Å². The van der Waals surface area contributed by atoms with Crippen LogP contribution in [0.1, 0.15) is 23.2 Å². The van der Waals surface area contributed by atoms with Gasteiger partial charge in [0.1, 0.15) is 0 Å². The summed E-state index contributed by atoms with van der Waals surface area (Å²) < 4.78 is 1.85. The fourth-order valence-corrected chi connectivity index (χ4v) is 3.62. The molecule has 2 aromatic carbocycles. The van der Waals surface area contributed by atoms with Crippen LogP contribution in [0, 0.1) is 0 Å². The van der Waals surface area contributed by atoms with Crippen molar-refractivity contribution in [2.45, 2.75) is 25.4 Å². The minimum Gasteiger partial charge on any atom is -0.380 e. The van der Waals surface area contributed by atoms with Crippen molar-refractivity contribution in [2.24, 2.45) is 0 Å². The summed E-state index contributed by atoms with van der Waals surface area (Å²) >= 11 is 0. The molecule has 1 aliphatic heterocycles. The smallest absolute Gasteiger partial charge is 0.254 e. The number of likely N-dealkylation sites (tertiary alicyclic amines) is 1. The largest absolute Gasteiger partial charge is 0.380 e. The molecular formula is C23H25N5O2. The Kier molecular flexibility index (Phi) is 6.08. The number of imidazole rings is 1. The van der Waals surface area contributed by atoms with Crippen LogP contribution < -0.4 is 10.6 Å². The van der Waals surface area contributed by atoms with Crippen molar-refractivity contribution in [2.75, 3.05) is 23.7 Å². The van der Waals surface area contributed by atoms with Gasteiger partial charge in [-0.25, -0.2) is 4.98 Å². The van der Waals surface area contributed by atoms with E-state index in [2.05, 4.69) is 15.6 Å². The van der Waals surface area contributed by atoms with E-state index in [9.17, 15) is 9.59 Å². The van der Waals surface area contributed by atoms with E-state index < -0.39 is 0 Å². The zero-order valence-corrected chi connectivity index (χ0v) is 16.7. The van der Waals surface area contributed by atoms with E-state index in [4.69, 9.17) is 0 Å². The van der Waals surface area contributed by atoms with Gasteiger partial charge in [0.15, 0.2) is 0 Å².